The van der Waals surface area contributed by atoms with Crippen LogP contribution in [0.3, 0.4) is 0 Å². The largest absolute Gasteiger partial charge is 0.303 e. The number of piperidine rings is 1. The molecule has 2 heterocycles. The van der Waals surface area contributed by atoms with E-state index in [4.69, 9.17) is 0 Å². The fourth-order valence-electron chi connectivity index (χ4n) is 2.64. The molecule has 0 aromatic rings. The van der Waals surface area contributed by atoms with Crippen molar-refractivity contribution in [3.63, 3.8) is 0 Å². The lowest BCUT2D eigenvalue weighted by Crippen LogP contribution is -2.46. The molecule has 2 rings (SSSR count). The lowest BCUT2D eigenvalue weighted by molar-refractivity contribution is -0.112. The molecule has 0 bridgehead atoms. The molecule has 0 radical (unpaired) electrons. The Kier molecular flexibility index (Phi) is 4.32. The highest BCUT2D eigenvalue weighted by atomic mass is 32.2. The van der Waals surface area contributed by atoms with Gasteiger partial charge in [0, 0.05) is 19.0 Å². The van der Waals surface area contributed by atoms with Gasteiger partial charge in [0.15, 0.2) is 0 Å². The van der Waals surface area contributed by atoms with Crippen LogP contribution in [0.2, 0.25) is 0 Å². The van der Waals surface area contributed by atoms with Crippen LogP contribution in [-0.4, -0.2) is 57.3 Å². The summed E-state index contributed by atoms with van der Waals surface area (Å²) in [5, 5.41) is -0.580. The Bertz CT molecular complexity index is 517. The first kappa shape index (κ1) is 14.9. The van der Waals surface area contributed by atoms with Crippen LogP contribution in [0.25, 0.3) is 0 Å². The maximum absolute atomic E-state index is 12.4. The van der Waals surface area contributed by atoms with Crippen molar-refractivity contribution in [1.82, 2.24) is 4.31 Å². The van der Waals surface area contributed by atoms with Crippen LogP contribution in [0.4, 0.5) is 0 Å². The summed E-state index contributed by atoms with van der Waals surface area (Å²) in [6, 6.07) is 0. The van der Waals surface area contributed by atoms with E-state index in [1.54, 1.807) is 0 Å². The smallest absolute Gasteiger partial charge is 0.217 e. The van der Waals surface area contributed by atoms with Crippen LogP contribution >= 0.6 is 0 Å². The molecule has 0 atom stereocenters. The highest BCUT2D eigenvalue weighted by Crippen LogP contribution is 2.26. The first-order chi connectivity index (χ1) is 8.85. The summed E-state index contributed by atoms with van der Waals surface area (Å²) < 4.78 is 48.9. The highest BCUT2D eigenvalue weighted by Gasteiger charge is 2.37. The van der Waals surface area contributed by atoms with E-state index in [2.05, 4.69) is 0 Å². The standard InChI is InChI=1S/C11H19NO5S2/c13-9-10-1-5-12(6-2-10)19(16,17)11-3-7-18(14,15)8-4-11/h9-11H,1-8H2. The SMILES string of the molecule is O=CC1CCN(S(=O)(=O)C2CCS(=O)(=O)CC2)CC1. The second kappa shape index (κ2) is 5.49. The Morgan fingerprint density at radius 1 is 1.00 bits per heavy atom. The number of nitrogens with zero attached hydrogens (tertiary/aromatic N) is 1. The Morgan fingerprint density at radius 3 is 2.00 bits per heavy atom. The molecule has 8 heteroatoms. The molecular weight excluding hydrogens is 290 g/mol. The molecule has 6 nitrogen and oxygen atoms in total. The Morgan fingerprint density at radius 2 is 1.53 bits per heavy atom. The van der Waals surface area contributed by atoms with Gasteiger partial charge in [-0.3, -0.25) is 0 Å². The molecule has 0 saturated carbocycles. The minimum Gasteiger partial charge on any atom is -0.303 e. The zero-order valence-electron chi connectivity index (χ0n) is 10.7. The molecule has 0 aromatic heterocycles. The highest BCUT2D eigenvalue weighted by molar-refractivity contribution is 7.92. The molecule has 0 amide bonds. The van der Waals surface area contributed by atoms with Crippen molar-refractivity contribution in [2.75, 3.05) is 24.6 Å². The molecule has 0 aliphatic carbocycles. The number of carbonyl (C=O) groups excluding carboxylic acids is 1. The second-order valence-corrected chi connectivity index (χ2v) is 9.79. The van der Waals surface area contributed by atoms with Gasteiger partial charge < -0.3 is 4.79 Å². The van der Waals surface area contributed by atoms with E-state index in [0.717, 1.165) is 6.29 Å². The fraction of sp³-hybridized carbons (Fsp3) is 0.909. The van der Waals surface area contributed by atoms with Gasteiger partial charge in [0.2, 0.25) is 10.0 Å². The minimum atomic E-state index is -3.41. The molecule has 0 spiro atoms. The molecule has 0 aromatic carbocycles. The number of sulfone groups is 1. The van der Waals surface area contributed by atoms with Gasteiger partial charge in [-0.2, -0.15) is 0 Å². The minimum absolute atomic E-state index is 0.0400. The monoisotopic (exact) mass is 309 g/mol. The average Bonchev–Trinajstić information content (AvgIpc) is 2.38. The predicted molar refractivity (Wildman–Crippen MR) is 71.0 cm³/mol. The van der Waals surface area contributed by atoms with Gasteiger partial charge in [0.05, 0.1) is 16.8 Å². The summed E-state index contributed by atoms with van der Waals surface area (Å²) in [4.78, 5) is 10.7. The van der Waals surface area contributed by atoms with E-state index in [0.29, 0.717) is 25.9 Å². The van der Waals surface area contributed by atoms with Gasteiger partial charge in [-0.05, 0) is 25.7 Å². The first-order valence-corrected chi connectivity index (χ1v) is 9.82. The molecule has 19 heavy (non-hydrogen) atoms. The van der Waals surface area contributed by atoms with Crippen molar-refractivity contribution >= 4 is 26.1 Å². The molecule has 2 saturated heterocycles. The van der Waals surface area contributed by atoms with Crippen LogP contribution in [0.15, 0.2) is 0 Å². The lowest BCUT2D eigenvalue weighted by Gasteiger charge is -2.33. The number of hydrogen-bond donors (Lipinski definition) is 0. The summed E-state index contributed by atoms with van der Waals surface area (Å²) in [5.74, 6) is -0.123. The zero-order valence-corrected chi connectivity index (χ0v) is 12.3. The summed E-state index contributed by atoms with van der Waals surface area (Å²) in [6.07, 6.45) is 2.40. The van der Waals surface area contributed by atoms with Crippen molar-refractivity contribution < 1.29 is 21.6 Å². The van der Waals surface area contributed by atoms with E-state index in [1.165, 1.54) is 4.31 Å². The Hall–Kier alpha value is -0.470. The van der Waals surface area contributed by atoms with E-state index < -0.39 is 25.1 Å². The number of carbonyl (C=O) groups is 1. The van der Waals surface area contributed by atoms with Crippen LogP contribution in [0, 0.1) is 5.92 Å². The van der Waals surface area contributed by atoms with Gasteiger partial charge in [0.1, 0.15) is 16.1 Å². The summed E-state index contributed by atoms with van der Waals surface area (Å²) in [5.41, 5.74) is 0. The number of sulfonamides is 1. The van der Waals surface area contributed by atoms with Gasteiger partial charge in [-0.15, -0.1) is 0 Å². The average molecular weight is 309 g/mol. The molecular formula is C11H19NO5S2. The maximum atomic E-state index is 12.4. The Labute approximate surface area is 114 Å². The molecule has 2 fully saturated rings. The number of rotatable bonds is 3. The van der Waals surface area contributed by atoms with Crippen molar-refractivity contribution in [2.45, 2.75) is 30.9 Å². The van der Waals surface area contributed by atoms with E-state index in [1.807, 2.05) is 0 Å². The van der Waals surface area contributed by atoms with Crippen molar-refractivity contribution in [2.24, 2.45) is 5.92 Å². The summed E-state index contributed by atoms with van der Waals surface area (Å²) in [7, 11) is -6.46. The van der Waals surface area contributed by atoms with Gasteiger partial charge >= 0.3 is 0 Å². The first-order valence-electron chi connectivity index (χ1n) is 6.50. The second-order valence-electron chi connectivity index (χ2n) is 5.27. The predicted octanol–water partition coefficient (Wildman–Crippen LogP) is -0.196. The van der Waals surface area contributed by atoms with Gasteiger partial charge in [0.25, 0.3) is 0 Å². The fourth-order valence-corrected chi connectivity index (χ4v) is 6.41. The van der Waals surface area contributed by atoms with Crippen LogP contribution in [0.5, 0.6) is 0 Å². The zero-order chi connectivity index (χ0) is 14.1. The normalized spacial score (nSPS) is 27.2. The van der Waals surface area contributed by atoms with E-state index in [9.17, 15) is 21.6 Å². The van der Waals surface area contributed by atoms with Crippen molar-refractivity contribution in [3.8, 4) is 0 Å². The van der Waals surface area contributed by atoms with Crippen LogP contribution in [0.1, 0.15) is 25.7 Å². The van der Waals surface area contributed by atoms with E-state index in [-0.39, 0.29) is 30.3 Å². The molecule has 2 aliphatic heterocycles. The quantitative estimate of drug-likeness (QED) is 0.674. The van der Waals surface area contributed by atoms with Crippen molar-refractivity contribution in [3.05, 3.63) is 0 Å². The third-order valence-electron chi connectivity index (χ3n) is 3.97. The lowest BCUT2D eigenvalue weighted by atomic mass is 10.0. The van der Waals surface area contributed by atoms with Crippen molar-refractivity contribution in [1.29, 1.82) is 0 Å². The third kappa shape index (κ3) is 3.35. The molecule has 110 valence electrons. The van der Waals surface area contributed by atoms with Crippen LogP contribution < -0.4 is 0 Å². The third-order valence-corrected chi connectivity index (χ3v) is 8.09. The summed E-state index contributed by atoms with van der Waals surface area (Å²) in [6.45, 7) is 0.740. The van der Waals surface area contributed by atoms with E-state index >= 15 is 0 Å². The molecule has 2 aliphatic rings. The van der Waals surface area contributed by atoms with Crippen LogP contribution in [-0.2, 0) is 24.7 Å². The van der Waals surface area contributed by atoms with Gasteiger partial charge in [-0.1, -0.05) is 0 Å². The summed E-state index contributed by atoms with van der Waals surface area (Å²) >= 11 is 0. The molecule has 0 N–H and O–H groups in total. The number of hydrogen-bond acceptors (Lipinski definition) is 5. The maximum Gasteiger partial charge on any atom is 0.217 e. The van der Waals surface area contributed by atoms with Gasteiger partial charge in [-0.25, -0.2) is 21.1 Å². The topological polar surface area (TPSA) is 88.6 Å². The molecule has 0 unspecified atom stereocenters. The number of aldehydes is 1. The Balaban J connectivity index is 2.01.